The number of nitrogens with two attached hydrogens (primary N) is 1. The molecule has 0 fully saturated rings. The third-order valence-corrected chi connectivity index (χ3v) is 3.08. The normalized spacial score (nSPS) is 15.9. The Morgan fingerprint density at radius 3 is 2.65 bits per heavy atom. The Hall–Kier alpha value is -1.47. The molecule has 2 atom stereocenters. The van der Waals surface area contributed by atoms with Gasteiger partial charge >= 0.3 is 6.18 Å². The molecule has 0 saturated heterocycles. The topological polar surface area (TPSA) is 70.6 Å². The minimum absolute atomic E-state index is 0.356. The maximum atomic E-state index is 12.7. The quantitative estimate of drug-likeness (QED) is 0.339. The molecule has 8 heteroatoms. The van der Waals surface area contributed by atoms with Gasteiger partial charge in [0, 0.05) is 17.6 Å². The van der Waals surface area contributed by atoms with Crippen LogP contribution in [0.15, 0.2) is 29.4 Å². The van der Waals surface area contributed by atoms with E-state index in [1.807, 2.05) is 0 Å². The van der Waals surface area contributed by atoms with Gasteiger partial charge in [0.1, 0.15) is 5.92 Å². The summed E-state index contributed by atoms with van der Waals surface area (Å²) >= 11 is 5.82. The van der Waals surface area contributed by atoms with Crippen LogP contribution in [-0.2, 0) is 0 Å². The van der Waals surface area contributed by atoms with E-state index in [0.29, 0.717) is 5.02 Å². The second-order valence-electron chi connectivity index (χ2n) is 4.30. The third kappa shape index (κ3) is 4.57. The Bertz CT molecular complexity index is 479. The van der Waals surface area contributed by atoms with Gasteiger partial charge < -0.3 is 16.3 Å². The van der Waals surface area contributed by atoms with Gasteiger partial charge in [-0.3, -0.25) is 0 Å². The highest BCUT2D eigenvalue weighted by Crippen LogP contribution is 2.27. The number of halogens is 4. The first kappa shape index (κ1) is 16.6. The average molecular weight is 310 g/mol. The summed E-state index contributed by atoms with van der Waals surface area (Å²) in [6.07, 6.45) is -4.59. The molecule has 0 aromatic heterocycles. The molecule has 1 unspecified atom stereocenters. The van der Waals surface area contributed by atoms with Crippen LogP contribution >= 0.6 is 11.6 Å². The van der Waals surface area contributed by atoms with Gasteiger partial charge in [0.2, 0.25) is 0 Å². The predicted molar refractivity (Wildman–Crippen MR) is 70.8 cm³/mol. The summed E-state index contributed by atoms with van der Waals surface area (Å²) in [5, 5.41) is 14.0. The van der Waals surface area contributed by atoms with Gasteiger partial charge in [-0.25, -0.2) is 0 Å². The largest absolute Gasteiger partial charge is 0.409 e. The summed E-state index contributed by atoms with van der Waals surface area (Å²) in [4.78, 5) is 0. The van der Waals surface area contributed by atoms with Crippen molar-refractivity contribution in [1.82, 2.24) is 5.32 Å². The minimum atomic E-state index is -4.59. The van der Waals surface area contributed by atoms with Crippen LogP contribution in [0.3, 0.4) is 0 Å². The molecule has 112 valence electrons. The molecule has 0 bridgehead atoms. The van der Waals surface area contributed by atoms with Crippen molar-refractivity contribution in [3.63, 3.8) is 0 Å². The molecule has 0 radical (unpaired) electrons. The molecule has 0 saturated carbocycles. The van der Waals surface area contributed by atoms with Crippen molar-refractivity contribution in [2.24, 2.45) is 16.8 Å². The Morgan fingerprint density at radius 1 is 1.50 bits per heavy atom. The number of oxime groups is 1. The summed E-state index contributed by atoms with van der Waals surface area (Å²) in [5.41, 5.74) is 5.82. The van der Waals surface area contributed by atoms with E-state index >= 15 is 0 Å². The fourth-order valence-corrected chi connectivity index (χ4v) is 1.84. The summed E-state index contributed by atoms with van der Waals surface area (Å²) in [5.74, 6) is -2.92. The lowest BCUT2D eigenvalue weighted by atomic mass is 10.1. The molecule has 1 aromatic rings. The highest BCUT2D eigenvalue weighted by molar-refractivity contribution is 6.30. The Kier molecular flexibility index (Phi) is 5.64. The molecule has 4 N–H and O–H groups in total. The zero-order valence-electron chi connectivity index (χ0n) is 10.7. The lowest BCUT2D eigenvalue weighted by molar-refractivity contribution is -0.155. The number of nitrogens with zero attached hydrogens (tertiary/aromatic N) is 1. The van der Waals surface area contributed by atoms with Crippen LogP contribution in [0.25, 0.3) is 0 Å². The SMILES string of the molecule is C[C@H](NCC(/C(N)=N/O)C(F)(F)F)c1cccc(Cl)c1. The third-order valence-electron chi connectivity index (χ3n) is 2.84. The van der Waals surface area contributed by atoms with Gasteiger partial charge in [-0.2, -0.15) is 13.2 Å². The van der Waals surface area contributed by atoms with E-state index in [0.717, 1.165) is 5.56 Å². The van der Waals surface area contributed by atoms with Crippen molar-refractivity contribution in [2.75, 3.05) is 6.54 Å². The highest BCUT2D eigenvalue weighted by atomic mass is 35.5. The summed E-state index contributed by atoms with van der Waals surface area (Å²) in [6.45, 7) is 1.21. The molecule has 0 aliphatic rings. The number of benzene rings is 1. The van der Waals surface area contributed by atoms with Gasteiger partial charge in [-0.05, 0) is 24.6 Å². The molecule has 0 aliphatic heterocycles. The molecule has 0 amide bonds. The summed E-state index contributed by atoms with van der Waals surface area (Å²) in [7, 11) is 0. The van der Waals surface area contributed by atoms with Crippen LogP contribution in [0, 0.1) is 5.92 Å². The molecule has 1 rings (SSSR count). The second-order valence-corrected chi connectivity index (χ2v) is 4.74. The van der Waals surface area contributed by atoms with E-state index in [-0.39, 0.29) is 6.04 Å². The van der Waals surface area contributed by atoms with Crippen molar-refractivity contribution in [2.45, 2.75) is 19.1 Å². The molecule has 0 heterocycles. The minimum Gasteiger partial charge on any atom is -0.409 e. The first-order valence-electron chi connectivity index (χ1n) is 5.78. The standard InChI is InChI=1S/C12H15ClF3N3O/c1-7(8-3-2-4-9(13)5-8)18-6-10(11(17)19-20)12(14,15)16/h2-5,7,10,18,20H,6H2,1H3,(H2,17,19)/t7-,10?/m0/s1. The number of hydrogen-bond acceptors (Lipinski definition) is 3. The van der Waals surface area contributed by atoms with Crippen molar-refractivity contribution in [3.8, 4) is 0 Å². The van der Waals surface area contributed by atoms with Crippen LogP contribution in [-0.4, -0.2) is 23.8 Å². The van der Waals surface area contributed by atoms with E-state index in [4.69, 9.17) is 22.5 Å². The van der Waals surface area contributed by atoms with Crippen LogP contribution in [0.4, 0.5) is 13.2 Å². The molecule has 0 spiro atoms. The first-order valence-corrected chi connectivity index (χ1v) is 6.16. The number of alkyl halides is 3. The number of hydrogen-bond donors (Lipinski definition) is 3. The zero-order valence-corrected chi connectivity index (χ0v) is 11.4. The predicted octanol–water partition coefficient (Wildman–Crippen LogP) is 2.92. The Balaban J connectivity index is 2.73. The number of rotatable bonds is 5. The molecule has 0 aliphatic carbocycles. The summed E-state index contributed by atoms with van der Waals surface area (Å²) < 4.78 is 38.2. The Labute approximate surface area is 119 Å². The highest BCUT2D eigenvalue weighted by Gasteiger charge is 2.42. The zero-order chi connectivity index (χ0) is 15.3. The van der Waals surface area contributed by atoms with Crippen molar-refractivity contribution in [1.29, 1.82) is 0 Å². The van der Waals surface area contributed by atoms with Gasteiger partial charge in [0.15, 0.2) is 5.84 Å². The van der Waals surface area contributed by atoms with Crippen molar-refractivity contribution < 1.29 is 18.4 Å². The van der Waals surface area contributed by atoms with E-state index in [2.05, 4.69) is 10.5 Å². The van der Waals surface area contributed by atoms with Gasteiger partial charge in [-0.15, -0.1) is 0 Å². The lowest BCUT2D eigenvalue weighted by Crippen LogP contribution is -2.43. The maximum absolute atomic E-state index is 12.7. The van der Waals surface area contributed by atoms with E-state index in [1.54, 1.807) is 31.2 Å². The van der Waals surface area contributed by atoms with Crippen LogP contribution in [0.1, 0.15) is 18.5 Å². The van der Waals surface area contributed by atoms with Crippen molar-refractivity contribution >= 4 is 17.4 Å². The fraction of sp³-hybridized carbons (Fsp3) is 0.417. The Morgan fingerprint density at radius 2 is 2.15 bits per heavy atom. The van der Waals surface area contributed by atoms with Gasteiger partial charge in [0.05, 0.1) is 0 Å². The van der Waals surface area contributed by atoms with E-state index < -0.39 is 24.5 Å². The summed E-state index contributed by atoms with van der Waals surface area (Å²) in [6, 6.07) is 6.43. The first-order chi connectivity index (χ1) is 9.25. The van der Waals surface area contributed by atoms with E-state index in [1.165, 1.54) is 0 Å². The number of amidine groups is 1. The monoisotopic (exact) mass is 309 g/mol. The van der Waals surface area contributed by atoms with Crippen LogP contribution in [0.2, 0.25) is 5.02 Å². The maximum Gasteiger partial charge on any atom is 0.400 e. The average Bonchev–Trinajstić information content (AvgIpc) is 2.36. The molecule has 4 nitrogen and oxygen atoms in total. The number of nitrogens with one attached hydrogen (secondary N) is 1. The lowest BCUT2D eigenvalue weighted by Gasteiger charge is -2.22. The molecular formula is C12H15ClF3N3O. The molecular weight excluding hydrogens is 295 g/mol. The van der Waals surface area contributed by atoms with Crippen LogP contribution < -0.4 is 11.1 Å². The second kappa shape index (κ2) is 6.81. The van der Waals surface area contributed by atoms with Gasteiger partial charge in [-0.1, -0.05) is 28.9 Å². The van der Waals surface area contributed by atoms with E-state index in [9.17, 15) is 13.2 Å². The smallest absolute Gasteiger partial charge is 0.400 e. The van der Waals surface area contributed by atoms with Crippen molar-refractivity contribution in [3.05, 3.63) is 34.9 Å². The molecule has 20 heavy (non-hydrogen) atoms. The fourth-order valence-electron chi connectivity index (χ4n) is 1.65. The van der Waals surface area contributed by atoms with Gasteiger partial charge in [0.25, 0.3) is 0 Å². The molecule has 1 aromatic carbocycles. The van der Waals surface area contributed by atoms with Crippen LogP contribution in [0.5, 0.6) is 0 Å².